The Morgan fingerprint density at radius 2 is 1.84 bits per heavy atom. The van der Waals surface area contributed by atoms with Crippen LogP contribution in [0.2, 0.25) is 10.0 Å². The first-order chi connectivity index (χ1) is 15.3. The third-order valence-corrected chi connectivity index (χ3v) is 7.24. The molecule has 3 aromatic rings. The number of carbonyl (C=O) groups excluding carboxylic acids is 2. The zero-order chi connectivity index (χ0) is 23.0. The van der Waals surface area contributed by atoms with Gasteiger partial charge in [-0.2, -0.15) is 4.98 Å². The molecule has 0 N–H and O–H groups in total. The summed E-state index contributed by atoms with van der Waals surface area (Å²) in [6.07, 6.45) is 3.41. The minimum Gasteiger partial charge on any atom is -0.342 e. The maximum atomic E-state index is 13.0. The van der Waals surface area contributed by atoms with Crippen LogP contribution in [0.25, 0.3) is 5.78 Å². The molecule has 1 aromatic carbocycles. The first kappa shape index (κ1) is 23.0. The summed E-state index contributed by atoms with van der Waals surface area (Å²) in [5.41, 5.74) is 3.09. The summed E-state index contributed by atoms with van der Waals surface area (Å²) in [6, 6.07) is 4.96. The molecule has 0 unspecified atom stereocenters. The molecule has 1 fully saturated rings. The number of ketones is 1. The average molecular weight is 492 g/mol. The quantitative estimate of drug-likeness (QED) is 0.387. The van der Waals surface area contributed by atoms with Gasteiger partial charge in [0, 0.05) is 41.5 Å². The highest BCUT2D eigenvalue weighted by Crippen LogP contribution is 2.27. The van der Waals surface area contributed by atoms with Crippen molar-refractivity contribution in [3.8, 4) is 0 Å². The molecule has 1 amide bonds. The van der Waals surface area contributed by atoms with E-state index in [-0.39, 0.29) is 24.0 Å². The Balaban J connectivity index is 1.42. The molecule has 3 heterocycles. The number of fused-ring (bicyclic) bond motifs is 1. The van der Waals surface area contributed by atoms with Crippen molar-refractivity contribution in [2.45, 2.75) is 38.3 Å². The fraction of sp³-hybridized carbons (Fsp3) is 0.409. The predicted octanol–water partition coefficient (Wildman–Crippen LogP) is 4.43. The van der Waals surface area contributed by atoms with Crippen LogP contribution >= 0.6 is 35.0 Å². The molecule has 0 spiro atoms. The summed E-state index contributed by atoms with van der Waals surface area (Å²) in [4.78, 5) is 36.6. The molecule has 1 saturated heterocycles. The molecule has 32 heavy (non-hydrogen) atoms. The van der Waals surface area contributed by atoms with Gasteiger partial charge in [0.2, 0.25) is 11.1 Å². The number of carbonyl (C=O) groups is 2. The summed E-state index contributed by atoms with van der Waals surface area (Å²) in [5.74, 6) is 0.496. The smallest absolute Gasteiger partial charge is 0.253 e. The molecule has 1 aliphatic rings. The molecule has 0 aliphatic carbocycles. The van der Waals surface area contributed by atoms with Crippen LogP contribution in [0.5, 0.6) is 0 Å². The molecule has 1 aliphatic heterocycles. The first-order valence-corrected chi connectivity index (χ1v) is 12.3. The molecule has 10 heteroatoms. The van der Waals surface area contributed by atoms with Crippen LogP contribution in [0.3, 0.4) is 0 Å². The number of amides is 1. The number of aryl methyl sites for hydroxylation is 2. The van der Waals surface area contributed by atoms with Crippen LogP contribution in [0, 0.1) is 19.8 Å². The molecular formula is C22H23Cl2N5O2S. The Hall–Kier alpha value is -2.16. The second kappa shape index (κ2) is 9.37. The molecule has 0 radical (unpaired) electrons. The number of hydrogen-bond donors (Lipinski definition) is 0. The van der Waals surface area contributed by atoms with E-state index < -0.39 is 0 Å². The number of hydrogen-bond acceptors (Lipinski definition) is 6. The van der Waals surface area contributed by atoms with Gasteiger partial charge in [0.1, 0.15) is 0 Å². The van der Waals surface area contributed by atoms with E-state index in [9.17, 15) is 9.59 Å². The maximum absolute atomic E-state index is 13.0. The molecule has 0 saturated carbocycles. The van der Waals surface area contributed by atoms with Crippen molar-refractivity contribution in [2.75, 3.05) is 19.3 Å². The van der Waals surface area contributed by atoms with Crippen molar-refractivity contribution in [1.29, 1.82) is 0 Å². The lowest BCUT2D eigenvalue weighted by Gasteiger charge is -2.31. The number of piperidine rings is 1. The molecule has 2 aromatic heterocycles. The third kappa shape index (κ3) is 4.49. The number of rotatable bonds is 5. The fourth-order valence-electron chi connectivity index (χ4n) is 4.07. The number of Topliss-reactive ketones (excluding diaryl/α,β-unsaturated/α-hetero) is 1. The van der Waals surface area contributed by atoms with Gasteiger partial charge in [-0.15, -0.1) is 5.10 Å². The summed E-state index contributed by atoms with van der Waals surface area (Å²) >= 11 is 13.5. The number of nitrogens with zero attached hydrogens (tertiary/aromatic N) is 5. The molecule has 4 rings (SSSR count). The van der Waals surface area contributed by atoms with Gasteiger partial charge in [0.15, 0.2) is 5.78 Å². The molecular weight excluding hydrogens is 469 g/mol. The van der Waals surface area contributed by atoms with Gasteiger partial charge in [0.25, 0.3) is 5.78 Å². The summed E-state index contributed by atoms with van der Waals surface area (Å²) in [6.45, 7) is 4.92. The minimum atomic E-state index is -0.127. The van der Waals surface area contributed by atoms with Crippen molar-refractivity contribution in [3.05, 3.63) is 50.8 Å². The van der Waals surface area contributed by atoms with Crippen molar-refractivity contribution in [3.63, 3.8) is 0 Å². The highest BCUT2D eigenvalue weighted by molar-refractivity contribution is 7.98. The second-order valence-electron chi connectivity index (χ2n) is 7.90. The van der Waals surface area contributed by atoms with Gasteiger partial charge in [-0.25, -0.2) is 9.50 Å². The van der Waals surface area contributed by atoms with E-state index in [0.29, 0.717) is 52.5 Å². The van der Waals surface area contributed by atoms with E-state index in [1.165, 1.54) is 11.8 Å². The van der Waals surface area contributed by atoms with Gasteiger partial charge >= 0.3 is 0 Å². The Labute approximate surface area is 200 Å². The lowest BCUT2D eigenvalue weighted by atomic mass is 9.88. The van der Waals surface area contributed by atoms with E-state index in [1.807, 2.05) is 25.0 Å². The highest BCUT2D eigenvalue weighted by atomic mass is 35.5. The van der Waals surface area contributed by atoms with E-state index >= 15 is 0 Å². The largest absolute Gasteiger partial charge is 0.342 e. The first-order valence-electron chi connectivity index (χ1n) is 10.3. The van der Waals surface area contributed by atoms with E-state index in [0.717, 1.165) is 17.0 Å². The second-order valence-corrected chi connectivity index (χ2v) is 9.48. The number of thioether (sulfide) groups is 1. The molecule has 168 valence electrons. The van der Waals surface area contributed by atoms with Gasteiger partial charge in [-0.1, -0.05) is 35.0 Å². The van der Waals surface area contributed by atoms with Crippen molar-refractivity contribution in [2.24, 2.45) is 5.92 Å². The van der Waals surface area contributed by atoms with Gasteiger partial charge in [0.05, 0.1) is 16.5 Å². The van der Waals surface area contributed by atoms with Crippen LogP contribution in [-0.4, -0.2) is 55.5 Å². The standard InChI is InChI=1S/C22H23Cl2N5O2S/c1-12-16(13(2)29-21(25-12)26-22(27-29)32-3)11-19(30)28-8-6-14(7-9-28)20(31)15-4-5-17(23)18(24)10-15/h4-5,10,14H,6-9,11H2,1-3H3. The average Bonchev–Trinajstić information content (AvgIpc) is 3.21. The van der Waals surface area contributed by atoms with Gasteiger partial charge in [-0.05, 0) is 51.1 Å². The zero-order valence-corrected chi connectivity index (χ0v) is 20.4. The van der Waals surface area contributed by atoms with Gasteiger partial charge in [-0.3, -0.25) is 9.59 Å². The molecule has 0 bridgehead atoms. The lowest BCUT2D eigenvalue weighted by molar-refractivity contribution is -0.131. The Morgan fingerprint density at radius 1 is 1.12 bits per heavy atom. The minimum absolute atomic E-state index is 0.0305. The topological polar surface area (TPSA) is 80.5 Å². The zero-order valence-electron chi connectivity index (χ0n) is 18.1. The summed E-state index contributed by atoms with van der Waals surface area (Å²) < 4.78 is 1.70. The molecule has 7 nitrogen and oxygen atoms in total. The van der Waals surface area contributed by atoms with Crippen LogP contribution in [-0.2, 0) is 11.2 Å². The summed E-state index contributed by atoms with van der Waals surface area (Å²) in [5, 5.41) is 5.90. The van der Waals surface area contributed by atoms with Crippen molar-refractivity contribution >= 4 is 52.4 Å². The SMILES string of the molecule is CSc1nc2nc(C)c(CC(=O)N3CCC(C(=O)c4ccc(Cl)c(Cl)c4)CC3)c(C)n2n1. The van der Waals surface area contributed by atoms with E-state index in [1.54, 1.807) is 22.7 Å². The maximum Gasteiger partial charge on any atom is 0.253 e. The summed E-state index contributed by atoms with van der Waals surface area (Å²) in [7, 11) is 0. The van der Waals surface area contributed by atoms with Crippen LogP contribution in [0.1, 0.15) is 40.2 Å². The monoisotopic (exact) mass is 491 g/mol. The number of halogens is 2. The predicted molar refractivity (Wildman–Crippen MR) is 126 cm³/mol. The van der Waals surface area contributed by atoms with E-state index in [2.05, 4.69) is 15.1 Å². The number of likely N-dealkylation sites (tertiary alicyclic amines) is 1. The van der Waals surface area contributed by atoms with E-state index in [4.69, 9.17) is 23.2 Å². The fourth-order valence-corrected chi connectivity index (χ4v) is 4.71. The Morgan fingerprint density at radius 3 is 2.50 bits per heavy atom. The van der Waals surface area contributed by atoms with Crippen LogP contribution in [0.15, 0.2) is 23.4 Å². The normalized spacial score (nSPS) is 14.8. The van der Waals surface area contributed by atoms with Crippen molar-refractivity contribution in [1.82, 2.24) is 24.5 Å². The highest BCUT2D eigenvalue weighted by Gasteiger charge is 2.29. The van der Waals surface area contributed by atoms with Crippen LogP contribution in [0.4, 0.5) is 0 Å². The Kier molecular flexibility index (Phi) is 6.74. The van der Waals surface area contributed by atoms with Gasteiger partial charge < -0.3 is 4.90 Å². The van der Waals surface area contributed by atoms with Crippen molar-refractivity contribution < 1.29 is 9.59 Å². The lowest BCUT2D eigenvalue weighted by Crippen LogP contribution is -2.41. The Bertz CT molecular complexity index is 1200. The number of benzene rings is 1. The third-order valence-electron chi connectivity index (χ3n) is 5.96. The molecule has 0 atom stereocenters. The number of aromatic nitrogens is 4. The van der Waals surface area contributed by atoms with Crippen LogP contribution < -0.4 is 0 Å².